The minimum absolute atomic E-state index is 0.00270. The summed E-state index contributed by atoms with van der Waals surface area (Å²) in [5.41, 5.74) is 1.79. The number of hydrogen-bond donors (Lipinski definition) is 0. The number of pyridine rings is 1. The molecule has 45 heavy (non-hydrogen) atoms. The third kappa shape index (κ3) is 6.44. The fourth-order valence-corrected chi connectivity index (χ4v) is 7.17. The van der Waals surface area contributed by atoms with Crippen molar-refractivity contribution < 1.29 is 31.8 Å². The molecule has 0 radical (unpaired) electrons. The van der Waals surface area contributed by atoms with Crippen LogP contribution in [0.4, 0.5) is 4.39 Å². The van der Waals surface area contributed by atoms with Gasteiger partial charge in [-0.3, -0.25) is 0 Å². The Morgan fingerprint density at radius 3 is 2.44 bits per heavy atom. The van der Waals surface area contributed by atoms with Crippen molar-refractivity contribution in [2.24, 2.45) is 0 Å². The molecule has 2 aromatic carbocycles. The molecule has 236 valence electrons. The largest absolute Gasteiger partial charge is 0.491 e. The number of ether oxygens (including phenoxy) is 3. The molecule has 5 aromatic rings. The van der Waals surface area contributed by atoms with Gasteiger partial charge >= 0.3 is 5.97 Å². The Labute approximate surface area is 263 Å². The van der Waals surface area contributed by atoms with Gasteiger partial charge in [0.25, 0.3) is 10.0 Å². The smallest absolute Gasteiger partial charge is 0.340 e. The van der Waals surface area contributed by atoms with Crippen molar-refractivity contribution in [2.45, 2.75) is 44.2 Å². The van der Waals surface area contributed by atoms with Crippen LogP contribution in [0, 0.1) is 5.82 Å². The molecular weight excluding hydrogens is 614 g/mol. The lowest BCUT2D eigenvalue weighted by atomic mass is 10.1. The van der Waals surface area contributed by atoms with Gasteiger partial charge in [0.2, 0.25) is 0 Å². The van der Waals surface area contributed by atoms with Crippen LogP contribution >= 0.6 is 0 Å². The van der Waals surface area contributed by atoms with E-state index in [2.05, 4.69) is 24.6 Å². The number of hydrogen-bond acceptors (Lipinski definition) is 7. The van der Waals surface area contributed by atoms with Gasteiger partial charge < -0.3 is 18.8 Å². The lowest BCUT2D eigenvalue weighted by Crippen LogP contribution is -2.22. The second-order valence-electron chi connectivity index (χ2n) is 11.6. The zero-order valence-corrected chi connectivity index (χ0v) is 27.7. The zero-order chi connectivity index (χ0) is 32.4. The molecule has 0 aliphatic rings. The molecule has 0 amide bonds. The number of methoxy groups -OCH3 is 1. The number of fused-ring (bicyclic) bond motifs is 1. The average molecular weight is 650 g/mol. The van der Waals surface area contributed by atoms with Crippen LogP contribution in [0.25, 0.3) is 33.5 Å². The number of carbonyl (C=O) groups excluding carboxylic acids is 1. The number of nitrogens with zero attached hydrogens (tertiary/aromatic N) is 3. The van der Waals surface area contributed by atoms with Gasteiger partial charge in [-0.25, -0.2) is 26.6 Å². The molecule has 0 N–H and O–H groups in total. The summed E-state index contributed by atoms with van der Waals surface area (Å²) in [5, 5.41) is 0.518. The van der Waals surface area contributed by atoms with Crippen LogP contribution in [0.2, 0.25) is 25.7 Å². The van der Waals surface area contributed by atoms with E-state index in [9.17, 15) is 13.2 Å². The molecular formula is C33H36FN3O6SSi. The van der Waals surface area contributed by atoms with E-state index >= 15 is 4.39 Å². The number of rotatable bonds is 12. The van der Waals surface area contributed by atoms with Crippen molar-refractivity contribution in [1.29, 1.82) is 0 Å². The predicted octanol–water partition coefficient (Wildman–Crippen LogP) is 7.05. The number of benzene rings is 2. The topological polar surface area (TPSA) is 102 Å². The lowest BCUT2D eigenvalue weighted by molar-refractivity contribution is 0.0600. The molecule has 0 saturated heterocycles. The maximum atomic E-state index is 16.0. The molecule has 0 saturated carbocycles. The van der Waals surface area contributed by atoms with Gasteiger partial charge in [0.05, 0.1) is 35.6 Å². The summed E-state index contributed by atoms with van der Waals surface area (Å²) in [5.74, 6) is -1.24. The van der Waals surface area contributed by atoms with E-state index in [1.54, 1.807) is 60.0 Å². The van der Waals surface area contributed by atoms with Crippen LogP contribution < -0.4 is 4.74 Å². The highest BCUT2D eigenvalue weighted by Gasteiger charge is 2.28. The fourth-order valence-electron chi connectivity index (χ4n) is 5.10. The number of esters is 1. The molecule has 0 bridgehead atoms. The molecule has 0 aliphatic carbocycles. The maximum absolute atomic E-state index is 16.0. The summed E-state index contributed by atoms with van der Waals surface area (Å²) in [6.45, 7) is 9.22. The van der Waals surface area contributed by atoms with Crippen molar-refractivity contribution in [3.05, 3.63) is 90.5 Å². The maximum Gasteiger partial charge on any atom is 0.340 e. The van der Waals surface area contributed by atoms with Gasteiger partial charge in [-0.15, -0.1) is 0 Å². The predicted molar refractivity (Wildman–Crippen MR) is 174 cm³/mol. The Hall–Kier alpha value is -4.26. The lowest BCUT2D eigenvalue weighted by Gasteiger charge is -2.19. The van der Waals surface area contributed by atoms with Gasteiger partial charge in [-0.1, -0.05) is 43.9 Å². The Balaban J connectivity index is 1.74. The van der Waals surface area contributed by atoms with E-state index in [0.29, 0.717) is 23.3 Å². The highest BCUT2D eigenvalue weighted by molar-refractivity contribution is 7.90. The van der Waals surface area contributed by atoms with Crippen LogP contribution in [-0.4, -0.2) is 56.3 Å². The van der Waals surface area contributed by atoms with Crippen molar-refractivity contribution in [1.82, 2.24) is 13.5 Å². The second kappa shape index (κ2) is 13.0. The molecule has 0 aliphatic heterocycles. The summed E-state index contributed by atoms with van der Waals surface area (Å²) >= 11 is 0. The molecule has 0 fully saturated rings. The molecule has 0 unspecified atom stereocenters. The Morgan fingerprint density at radius 1 is 1.00 bits per heavy atom. The third-order valence-corrected chi connectivity index (χ3v) is 10.8. The molecule has 9 nitrogen and oxygen atoms in total. The minimum Gasteiger partial charge on any atom is -0.491 e. The van der Waals surface area contributed by atoms with Crippen LogP contribution in [0.5, 0.6) is 5.75 Å². The Morgan fingerprint density at radius 2 is 1.76 bits per heavy atom. The van der Waals surface area contributed by atoms with Crippen molar-refractivity contribution in [2.75, 3.05) is 20.3 Å². The van der Waals surface area contributed by atoms with E-state index in [-0.39, 0.29) is 46.5 Å². The molecule has 3 heterocycles. The average Bonchev–Trinajstić information content (AvgIpc) is 3.63. The van der Waals surface area contributed by atoms with Crippen LogP contribution in [0.3, 0.4) is 0 Å². The molecule has 3 aromatic heterocycles. The first-order valence-corrected chi connectivity index (χ1v) is 19.7. The Bertz CT molecular complexity index is 1950. The van der Waals surface area contributed by atoms with Gasteiger partial charge in [0.15, 0.2) is 17.2 Å². The van der Waals surface area contributed by atoms with Crippen molar-refractivity contribution >= 4 is 35.1 Å². The van der Waals surface area contributed by atoms with Crippen LogP contribution in [0.1, 0.15) is 17.3 Å². The quantitative estimate of drug-likeness (QED) is 0.0811. The molecule has 0 spiro atoms. The fraction of sp³-hybridized carbons (Fsp3) is 0.273. The van der Waals surface area contributed by atoms with Crippen LogP contribution in [-0.2, 0) is 26.2 Å². The monoisotopic (exact) mass is 649 g/mol. The first-order chi connectivity index (χ1) is 21.5. The summed E-state index contributed by atoms with van der Waals surface area (Å²) in [6.07, 6.45) is 2.96. The van der Waals surface area contributed by atoms with Crippen molar-refractivity contribution in [3.63, 3.8) is 0 Å². The standard InChI is InChI=1S/C33H36FN3O6SSi/c1-6-43-29-14-10-13-26(30(29)34)31-27(33(38)41-2)21-28(36(31)22-42-19-20-45(3,4)5)24-15-17-35-32-25(24)16-18-37(32)44(39,40)23-11-8-7-9-12-23/h7-18,21H,6,19-20,22H2,1-5H3. The van der Waals surface area contributed by atoms with E-state index < -0.39 is 29.9 Å². The van der Waals surface area contributed by atoms with E-state index in [1.165, 1.54) is 37.7 Å². The highest BCUT2D eigenvalue weighted by Crippen LogP contribution is 2.39. The second-order valence-corrected chi connectivity index (χ2v) is 19.1. The van der Waals surface area contributed by atoms with E-state index in [1.807, 2.05) is 0 Å². The van der Waals surface area contributed by atoms with Crippen molar-refractivity contribution in [3.8, 4) is 28.3 Å². The molecule has 0 atom stereocenters. The van der Waals surface area contributed by atoms with Gasteiger partial charge in [-0.05, 0) is 55.4 Å². The minimum atomic E-state index is -3.95. The highest BCUT2D eigenvalue weighted by atomic mass is 32.2. The summed E-state index contributed by atoms with van der Waals surface area (Å²) in [6, 6.07) is 18.8. The number of halogens is 1. The SMILES string of the molecule is CCOc1cccc(-c2c(C(=O)OC)cc(-c3ccnc4c3ccn4S(=O)(=O)c3ccccc3)n2COCC[Si](C)(C)C)c1F. The van der Waals surface area contributed by atoms with Gasteiger partial charge in [0.1, 0.15) is 6.73 Å². The normalized spacial score (nSPS) is 12.0. The van der Waals surface area contributed by atoms with E-state index in [0.717, 1.165) is 10.0 Å². The number of carbonyl (C=O) groups is 1. The first kappa shape index (κ1) is 32.1. The zero-order valence-electron chi connectivity index (χ0n) is 25.9. The van der Waals surface area contributed by atoms with Gasteiger partial charge in [-0.2, -0.15) is 0 Å². The van der Waals surface area contributed by atoms with Gasteiger partial charge in [0, 0.05) is 43.6 Å². The summed E-state index contributed by atoms with van der Waals surface area (Å²) in [4.78, 5) is 17.8. The molecule has 12 heteroatoms. The summed E-state index contributed by atoms with van der Waals surface area (Å²) in [7, 11) is -4.12. The third-order valence-electron chi connectivity index (χ3n) is 7.37. The first-order valence-electron chi connectivity index (χ1n) is 14.6. The number of aromatic nitrogens is 3. The Kier molecular flexibility index (Phi) is 9.28. The molecule has 5 rings (SSSR count). The summed E-state index contributed by atoms with van der Waals surface area (Å²) < 4.78 is 62.8. The van der Waals surface area contributed by atoms with E-state index in [4.69, 9.17) is 14.2 Å². The van der Waals surface area contributed by atoms with Crippen LogP contribution in [0.15, 0.2) is 84.0 Å².